The smallest absolute Gasteiger partial charge is 0.223 e. The van der Waals surface area contributed by atoms with Gasteiger partial charge in [0.1, 0.15) is 0 Å². The van der Waals surface area contributed by atoms with Crippen LogP contribution in [-0.2, 0) is 4.79 Å². The van der Waals surface area contributed by atoms with Crippen molar-refractivity contribution in [3.8, 4) is 0 Å². The number of rotatable bonds is 4. The van der Waals surface area contributed by atoms with E-state index in [4.69, 9.17) is 0 Å². The summed E-state index contributed by atoms with van der Waals surface area (Å²) in [6.45, 7) is 6.59. The number of nitrogens with zero attached hydrogens (tertiary/aromatic N) is 1. The van der Waals surface area contributed by atoms with Crippen LogP contribution in [0.5, 0.6) is 0 Å². The second-order valence-electron chi connectivity index (χ2n) is 6.68. The molecule has 0 bridgehead atoms. The fourth-order valence-electron chi connectivity index (χ4n) is 3.24. The van der Waals surface area contributed by atoms with Crippen LogP contribution in [0.2, 0.25) is 0 Å². The highest BCUT2D eigenvalue weighted by Crippen LogP contribution is 2.30. The Kier molecular flexibility index (Phi) is 4.29. The zero-order valence-electron chi connectivity index (χ0n) is 13.1. The second kappa shape index (κ2) is 6.18. The predicted molar refractivity (Wildman–Crippen MR) is 85.1 cm³/mol. The third-order valence-electron chi connectivity index (χ3n) is 4.90. The van der Waals surface area contributed by atoms with E-state index in [2.05, 4.69) is 48.3 Å². The molecule has 1 aliphatic heterocycles. The van der Waals surface area contributed by atoms with Gasteiger partial charge in [-0.05, 0) is 45.1 Å². The third kappa shape index (κ3) is 3.65. The highest BCUT2D eigenvalue weighted by atomic mass is 16.2. The summed E-state index contributed by atoms with van der Waals surface area (Å²) in [6.07, 6.45) is 4.34. The van der Waals surface area contributed by atoms with E-state index in [0.717, 1.165) is 38.8 Å². The van der Waals surface area contributed by atoms with Gasteiger partial charge in [0.2, 0.25) is 5.91 Å². The number of amides is 1. The van der Waals surface area contributed by atoms with Crippen LogP contribution in [0.3, 0.4) is 0 Å². The highest BCUT2D eigenvalue weighted by Gasteiger charge is 2.32. The molecular weight excluding hydrogens is 260 g/mol. The Bertz CT molecular complexity index is 502. The average molecular weight is 286 g/mol. The van der Waals surface area contributed by atoms with Crippen LogP contribution < -0.4 is 5.32 Å². The minimum Gasteiger partial charge on any atom is -0.353 e. The van der Waals surface area contributed by atoms with Crippen LogP contribution >= 0.6 is 0 Å². The van der Waals surface area contributed by atoms with Gasteiger partial charge in [0.05, 0.1) is 0 Å². The van der Waals surface area contributed by atoms with Gasteiger partial charge in [0.15, 0.2) is 0 Å². The third-order valence-corrected chi connectivity index (χ3v) is 4.90. The number of carbonyl (C=O) groups is 1. The molecule has 1 N–H and O–H groups in total. The fourth-order valence-corrected chi connectivity index (χ4v) is 3.24. The summed E-state index contributed by atoms with van der Waals surface area (Å²) >= 11 is 0. The van der Waals surface area contributed by atoms with Crippen molar-refractivity contribution < 1.29 is 4.79 Å². The summed E-state index contributed by atoms with van der Waals surface area (Å²) in [4.78, 5) is 14.4. The van der Waals surface area contributed by atoms with Gasteiger partial charge in [-0.25, -0.2) is 0 Å². The molecule has 3 rings (SSSR count). The lowest BCUT2D eigenvalue weighted by Crippen LogP contribution is -2.45. The zero-order valence-corrected chi connectivity index (χ0v) is 13.1. The lowest BCUT2D eigenvalue weighted by atomic mass is 9.99. The van der Waals surface area contributed by atoms with Crippen molar-refractivity contribution in [2.45, 2.75) is 51.6 Å². The molecule has 0 radical (unpaired) electrons. The summed E-state index contributed by atoms with van der Waals surface area (Å²) in [5, 5.41) is 3.22. The minimum absolute atomic E-state index is 0.292. The normalized spacial score (nSPS) is 22.0. The van der Waals surface area contributed by atoms with E-state index in [1.165, 1.54) is 11.1 Å². The first-order valence-corrected chi connectivity index (χ1v) is 8.24. The molecule has 2 aliphatic rings. The molecule has 1 unspecified atom stereocenters. The number of nitrogens with one attached hydrogen (secondary N) is 1. The van der Waals surface area contributed by atoms with E-state index in [0.29, 0.717) is 23.9 Å². The summed E-state index contributed by atoms with van der Waals surface area (Å²) < 4.78 is 0. The molecule has 1 aromatic carbocycles. The summed E-state index contributed by atoms with van der Waals surface area (Å²) in [5.74, 6) is 0.620. The van der Waals surface area contributed by atoms with E-state index >= 15 is 0 Å². The molecule has 3 heteroatoms. The maximum atomic E-state index is 11.8. The first-order valence-electron chi connectivity index (χ1n) is 8.24. The monoisotopic (exact) mass is 286 g/mol. The topological polar surface area (TPSA) is 32.3 Å². The molecule has 2 fully saturated rings. The Morgan fingerprint density at radius 2 is 1.95 bits per heavy atom. The fraction of sp³-hybridized carbons (Fsp3) is 0.611. The molecule has 0 aromatic heterocycles. The molecule has 1 aliphatic carbocycles. The van der Waals surface area contributed by atoms with E-state index in [-0.39, 0.29) is 0 Å². The van der Waals surface area contributed by atoms with Crippen LogP contribution in [0.4, 0.5) is 0 Å². The van der Waals surface area contributed by atoms with Crippen LogP contribution in [0.25, 0.3) is 0 Å². The largest absolute Gasteiger partial charge is 0.353 e. The van der Waals surface area contributed by atoms with Crippen molar-refractivity contribution in [1.82, 2.24) is 10.2 Å². The first-order chi connectivity index (χ1) is 10.1. The van der Waals surface area contributed by atoms with Crippen molar-refractivity contribution in [1.29, 1.82) is 0 Å². The highest BCUT2D eigenvalue weighted by molar-refractivity contribution is 5.81. The van der Waals surface area contributed by atoms with Gasteiger partial charge in [-0.15, -0.1) is 0 Å². The lowest BCUT2D eigenvalue weighted by Gasteiger charge is -2.36. The SMILES string of the molecule is Cc1cccc(C(C)N2CCC(NC(=O)C3CC3)CC2)c1. The van der Waals surface area contributed by atoms with Gasteiger partial charge in [-0.1, -0.05) is 29.8 Å². The van der Waals surface area contributed by atoms with Gasteiger partial charge in [-0.2, -0.15) is 0 Å². The summed E-state index contributed by atoms with van der Waals surface area (Å²) in [6, 6.07) is 9.65. The van der Waals surface area contributed by atoms with Gasteiger partial charge in [0.25, 0.3) is 0 Å². The van der Waals surface area contributed by atoms with Crippen LogP contribution in [-0.4, -0.2) is 29.9 Å². The number of likely N-dealkylation sites (tertiary alicyclic amines) is 1. The van der Waals surface area contributed by atoms with Gasteiger partial charge >= 0.3 is 0 Å². The zero-order chi connectivity index (χ0) is 14.8. The molecule has 1 saturated carbocycles. The predicted octanol–water partition coefficient (Wildman–Crippen LogP) is 3.05. The van der Waals surface area contributed by atoms with Crippen molar-refractivity contribution in [3.05, 3.63) is 35.4 Å². The summed E-state index contributed by atoms with van der Waals surface area (Å²) in [5.41, 5.74) is 2.72. The van der Waals surface area contributed by atoms with Gasteiger partial charge < -0.3 is 5.32 Å². The van der Waals surface area contributed by atoms with Crippen LogP contribution in [0.1, 0.15) is 49.8 Å². The van der Waals surface area contributed by atoms with Crippen LogP contribution in [0, 0.1) is 12.8 Å². The maximum Gasteiger partial charge on any atom is 0.223 e. The molecule has 3 nitrogen and oxygen atoms in total. The second-order valence-corrected chi connectivity index (χ2v) is 6.68. The quantitative estimate of drug-likeness (QED) is 0.922. The molecule has 1 saturated heterocycles. The molecule has 114 valence electrons. The van der Waals surface area contributed by atoms with Crippen molar-refractivity contribution in [2.75, 3.05) is 13.1 Å². The Morgan fingerprint density at radius 1 is 1.24 bits per heavy atom. The van der Waals surface area contributed by atoms with Crippen molar-refractivity contribution in [3.63, 3.8) is 0 Å². The molecule has 1 atom stereocenters. The molecule has 21 heavy (non-hydrogen) atoms. The standard InChI is InChI=1S/C18H26N2O/c1-13-4-3-5-16(12-13)14(2)20-10-8-17(9-11-20)19-18(21)15-6-7-15/h3-5,12,14-15,17H,6-11H2,1-2H3,(H,19,21). The molecular formula is C18H26N2O. The van der Waals surface area contributed by atoms with Gasteiger partial charge in [-0.3, -0.25) is 9.69 Å². The van der Waals surface area contributed by atoms with E-state index < -0.39 is 0 Å². The Labute approximate surface area is 127 Å². The molecule has 1 heterocycles. The molecule has 0 spiro atoms. The molecule has 1 aromatic rings. The van der Waals surface area contributed by atoms with E-state index in [9.17, 15) is 4.79 Å². The Morgan fingerprint density at radius 3 is 2.57 bits per heavy atom. The van der Waals surface area contributed by atoms with E-state index in [1.54, 1.807) is 0 Å². The number of aryl methyl sites for hydroxylation is 1. The minimum atomic E-state index is 0.292. The number of benzene rings is 1. The Hall–Kier alpha value is -1.35. The number of carbonyl (C=O) groups excluding carboxylic acids is 1. The van der Waals surface area contributed by atoms with E-state index in [1.807, 2.05) is 0 Å². The Balaban J connectivity index is 1.51. The maximum absolute atomic E-state index is 11.8. The van der Waals surface area contributed by atoms with Crippen molar-refractivity contribution >= 4 is 5.91 Å². The van der Waals surface area contributed by atoms with Crippen LogP contribution in [0.15, 0.2) is 24.3 Å². The summed E-state index contributed by atoms with van der Waals surface area (Å²) in [7, 11) is 0. The van der Waals surface area contributed by atoms with Gasteiger partial charge in [0, 0.05) is 31.1 Å². The lowest BCUT2D eigenvalue weighted by molar-refractivity contribution is -0.123. The number of hydrogen-bond donors (Lipinski definition) is 1. The van der Waals surface area contributed by atoms with Crippen molar-refractivity contribution in [2.24, 2.45) is 5.92 Å². The molecule has 1 amide bonds. The number of hydrogen-bond acceptors (Lipinski definition) is 2. The average Bonchev–Trinajstić information content (AvgIpc) is 3.32. The first kappa shape index (κ1) is 14.6. The number of piperidine rings is 1.